The van der Waals surface area contributed by atoms with Crippen LogP contribution in [0.2, 0.25) is 0 Å². The maximum Gasteiger partial charge on any atom is 0.119 e. The van der Waals surface area contributed by atoms with Crippen molar-refractivity contribution >= 4 is 0 Å². The molecule has 0 heterocycles. The minimum absolute atomic E-state index is 0.279. The van der Waals surface area contributed by atoms with Gasteiger partial charge in [-0.05, 0) is 42.0 Å². The molecule has 0 aliphatic heterocycles. The first-order valence-corrected chi connectivity index (χ1v) is 4.63. The Bertz CT molecular complexity index is 307. The van der Waals surface area contributed by atoms with Crippen molar-refractivity contribution in [3.63, 3.8) is 0 Å². The van der Waals surface area contributed by atoms with Gasteiger partial charge in [0.2, 0.25) is 0 Å². The number of hydrogen-bond donors (Lipinski definition) is 1. The molecular weight excluding hydrogens is 164 g/mol. The Labute approximate surface area is 78.2 Å². The van der Waals surface area contributed by atoms with Gasteiger partial charge in [0.25, 0.3) is 0 Å². The first-order valence-electron chi connectivity index (χ1n) is 4.63. The smallest absolute Gasteiger partial charge is 0.119 e. The van der Waals surface area contributed by atoms with Crippen molar-refractivity contribution in [3.8, 4) is 5.75 Å². The Kier molecular flexibility index (Phi) is 2.23. The van der Waals surface area contributed by atoms with E-state index in [0.29, 0.717) is 5.92 Å². The van der Waals surface area contributed by atoms with E-state index in [-0.39, 0.29) is 6.61 Å². The number of hydrogen-bond acceptors (Lipinski definition) is 2. The maximum atomic E-state index is 8.82. The van der Waals surface area contributed by atoms with Crippen molar-refractivity contribution in [3.05, 3.63) is 29.3 Å². The number of fused-ring (bicyclic) bond motifs is 1. The lowest BCUT2D eigenvalue weighted by molar-refractivity contribution is 0.269. The van der Waals surface area contributed by atoms with Crippen LogP contribution in [-0.4, -0.2) is 18.8 Å². The second-order valence-electron chi connectivity index (χ2n) is 3.48. The van der Waals surface area contributed by atoms with Gasteiger partial charge in [-0.25, -0.2) is 0 Å². The van der Waals surface area contributed by atoms with E-state index >= 15 is 0 Å². The van der Waals surface area contributed by atoms with Gasteiger partial charge in [-0.2, -0.15) is 0 Å². The van der Waals surface area contributed by atoms with Gasteiger partial charge in [-0.1, -0.05) is 6.07 Å². The van der Waals surface area contributed by atoms with E-state index in [2.05, 4.69) is 12.1 Å². The topological polar surface area (TPSA) is 29.5 Å². The standard InChI is InChI=1S/C11H14O2/c1-13-10-3-2-8-6-9(4-5-12)11(8)7-10/h2-3,7,9,12H,4-6H2,1H3. The molecule has 0 bridgehead atoms. The van der Waals surface area contributed by atoms with Crippen molar-refractivity contribution < 1.29 is 9.84 Å². The number of aliphatic hydroxyl groups is 1. The minimum atomic E-state index is 0.279. The molecule has 1 atom stereocenters. The molecule has 70 valence electrons. The van der Waals surface area contributed by atoms with E-state index in [1.807, 2.05) is 6.07 Å². The number of benzene rings is 1. The highest BCUT2D eigenvalue weighted by Crippen LogP contribution is 2.39. The lowest BCUT2D eigenvalue weighted by atomic mass is 9.76. The van der Waals surface area contributed by atoms with Crippen LogP contribution in [0.3, 0.4) is 0 Å². The number of methoxy groups -OCH3 is 1. The Morgan fingerprint density at radius 1 is 1.54 bits per heavy atom. The Morgan fingerprint density at radius 2 is 2.38 bits per heavy atom. The summed E-state index contributed by atoms with van der Waals surface area (Å²) >= 11 is 0. The van der Waals surface area contributed by atoms with Gasteiger partial charge < -0.3 is 9.84 Å². The highest BCUT2D eigenvalue weighted by atomic mass is 16.5. The summed E-state index contributed by atoms with van der Waals surface area (Å²) in [5.74, 6) is 1.47. The molecule has 0 fully saturated rings. The first kappa shape index (κ1) is 8.57. The highest BCUT2D eigenvalue weighted by Gasteiger charge is 2.25. The molecule has 0 amide bonds. The molecule has 1 aromatic rings. The molecule has 1 unspecified atom stereocenters. The zero-order chi connectivity index (χ0) is 9.26. The Hall–Kier alpha value is -1.02. The second-order valence-corrected chi connectivity index (χ2v) is 3.48. The summed E-state index contributed by atoms with van der Waals surface area (Å²) in [6.07, 6.45) is 1.99. The summed E-state index contributed by atoms with van der Waals surface area (Å²) < 4.78 is 5.15. The molecule has 1 aliphatic carbocycles. The minimum Gasteiger partial charge on any atom is -0.497 e. The van der Waals surface area contributed by atoms with Crippen LogP contribution >= 0.6 is 0 Å². The Balaban J connectivity index is 2.19. The van der Waals surface area contributed by atoms with Gasteiger partial charge in [0.1, 0.15) is 5.75 Å². The zero-order valence-corrected chi connectivity index (χ0v) is 7.79. The summed E-state index contributed by atoms with van der Waals surface area (Å²) in [5.41, 5.74) is 2.76. The third kappa shape index (κ3) is 1.42. The molecular formula is C11H14O2. The summed E-state index contributed by atoms with van der Waals surface area (Å²) in [6, 6.07) is 6.19. The van der Waals surface area contributed by atoms with Crippen LogP contribution in [0.25, 0.3) is 0 Å². The van der Waals surface area contributed by atoms with Gasteiger partial charge in [0.15, 0.2) is 0 Å². The number of rotatable bonds is 3. The van der Waals surface area contributed by atoms with Gasteiger partial charge >= 0.3 is 0 Å². The van der Waals surface area contributed by atoms with Crippen molar-refractivity contribution in [2.75, 3.05) is 13.7 Å². The molecule has 0 saturated carbocycles. The van der Waals surface area contributed by atoms with Crippen LogP contribution in [0.5, 0.6) is 5.75 Å². The molecule has 2 rings (SSSR count). The molecule has 2 nitrogen and oxygen atoms in total. The summed E-state index contributed by atoms with van der Waals surface area (Å²) in [4.78, 5) is 0. The average molecular weight is 178 g/mol. The third-order valence-corrected chi connectivity index (χ3v) is 2.74. The van der Waals surface area contributed by atoms with Crippen LogP contribution in [0.4, 0.5) is 0 Å². The molecule has 1 N–H and O–H groups in total. The largest absolute Gasteiger partial charge is 0.497 e. The van der Waals surface area contributed by atoms with E-state index in [1.165, 1.54) is 11.1 Å². The average Bonchev–Trinajstić information content (AvgIpc) is 2.14. The van der Waals surface area contributed by atoms with E-state index in [1.54, 1.807) is 7.11 Å². The van der Waals surface area contributed by atoms with Gasteiger partial charge in [0.05, 0.1) is 7.11 Å². The van der Waals surface area contributed by atoms with Crippen LogP contribution < -0.4 is 4.74 Å². The number of ether oxygens (including phenoxy) is 1. The van der Waals surface area contributed by atoms with E-state index in [0.717, 1.165) is 18.6 Å². The zero-order valence-electron chi connectivity index (χ0n) is 7.79. The second kappa shape index (κ2) is 3.38. The van der Waals surface area contributed by atoms with E-state index in [4.69, 9.17) is 9.84 Å². The molecule has 0 aromatic heterocycles. The fraction of sp³-hybridized carbons (Fsp3) is 0.455. The van der Waals surface area contributed by atoms with Crippen molar-refractivity contribution in [2.45, 2.75) is 18.8 Å². The lowest BCUT2D eigenvalue weighted by Crippen LogP contribution is -2.18. The SMILES string of the molecule is COc1ccc2c(c1)C(CCO)C2. The molecule has 1 aromatic carbocycles. The molecule has 0 radical (unpaired) electrons. The number of aliphatic hydroxyl groups excluding tert-OH is 1. The van der Waals surface area contributed by atoms with Crippen molar-refractivity contribution in [2.24, 2.45) is 0 Å². The Morgan fingerprint density at radius 3 is 3.08 bits per heavy atom. The molecule has 1 aliphatic rings. The van der Waals surface area contributed by atoms with Crippen molar-refractivity contribution in [1.29, 1.82) is 0 Å². The molecule has 0 saturated heterocycles. The fourth-order valence-electron chi connectivity index (χ4n) is 1.92. The summed E-state index contributed by atoms with van der Waals surface area (Å²) in [5, 5.41) is 8.82. The lowest BCUT2D eigenvalue weighted by Gasteiger charge is -2.30. The maximum absolute atomic E-state index is 8.82. The van der Waals surface area contributed by atoms with E-state index in [9.17, 15) is 0 Å². The van der Waals surface area contributed by atoms with Crippen molar-refractivity contribution in [1.82, 2.24) is 0 Å². The third-order valence-electron chi connectivity index (χ3n) is 2.74. The normalized spacial score (nSPS) is 19.1. The fourth-order valence-corrected chi connectivity index (χ4v) is 1.92. The predicted octanol–water partition coefficient (Wildman–Crippen LogP) is 1.72. The van der Waals surface area contributed by atoms with Gasteiger partial charge in [-0.3, -0.25) is 0 Å². The van der Waals surface area contributed by atoms with Crippen LogP contribution in [0.15, 0.2) is 18.2 Å². The highest BCUT2D eigenvalue weighted by molar-refractivity contribution is 5.44. The molecule has 2 heteroatoms. The summed E-state index contributed by atoms with van der Waals surface area (Å²) in [6.45, 7) is 0.279. The molecule has 13 heavy (non-hydrogen) atoms. The van der Waals surface area contributed by atoms with Crippen LogP contribution in [-0.2, 0) is 6.42 Å². The summed E-state index contributed by atoms with van der Waals surface area (Å²) in [7, 11) is 1.68. The monoisotopic (exact) mass is 178 g/mol. The van der Waals surface area contributed by atoms with Gasteiger partial charge in [-0.15, -0.1) is 0 Å². The van der Waals surface area contributed by atoms with Gasteiger partial charge in [0, 0.05) is 6.61 Å². The van der Waals surface area contributed by atoms with Crippen LogP contribution in [0.1, 0.15) is 23.5 Å². The van der Waals surface area contributed by atoms with E-state index < -0.39 is 0 Å². The van der Waals surface area contributed by atoms with Crippen LogP contribution in [0, 0.1) is 0 Å². The predicted molar refractivity (Wildman–Crippen MR) is 51.1 cm³/mol. The quantitative estimate of drug-likeness (QED) is 0.763. The first-order chi connectivity index (χ1) is 6.35. The molecule has 0 spiro atoms.